The second-order valence-corrected chi connectivity index (χ2v) is 8.39. The van der Waals surface area contributed by atoms with Gasteiger partial charge in [0.1, 0.15) is 0 Å². The molecule has 1 aliphatic carbocycles. The first-order valence-corrected chi connectivity index (χ1v) is 10.7. The maximum absolute atomic E-state index is 12.7. The van der Waals surface area contributed by atoms with E-state index in [9.17, 15) is 4.79 Å². The van der Waals surface area contributed by atoms with Gasteiger partial charge in [0.2, 0.25) is 0 Å². The molecule has 2 aromatic heterocycles. The van der Waals surface area contributed by atoms with Crippen LogP contribution in [0.2, 0.25) is 0 Å². The summed E-state index contributed by atoms with van der Waals surface area (Å²) in [6, 6.07) is 4.14. The summed E-state index contributed by atoms with van der Waals surface area (Å²) in [4.78, 5) is 17.6. The van der Waals surface area contributed by atoms with E-state index in [1.165, 1.54) is 19.4 Å². The van der Waals surface area contributed by atoms with Gasteiger partial charge in [-0.25, -0.2) is 0 Å². The molecule has 2 aliphatic rings. The first-order chi connectivity index (χ1) is 13.6. The number of fused-ring (bicyclic) bond motifs is 1. The van der Waals surface area contributed by atoms with Crippen molar-refractivity contribution in [2.75, 3.05) is 33.2 Å². The zero-order valence-corrected chi connectivity index (χ0v) is 17.3. The summed E-state index contributed by atoms with van der Waals surface area (Å²) in [5.41, 5.74) is 1.45. The maximum Gasteiger partial charge on any atom is 0.252 e. The minimum absolute atomic E-state index is 0.0254. The molecule has 0 radical (unpaired) electrons. The van der Waals surface area contributed by atoms with Crippen LogP contribution in [0.4, 0.5) is 0 Å². The van der Waals surface area contributed by atoms with Crippen molar-refractivity contribution in [1.29, 1.82) is 0 Å². The van der Waals surface area contributed by atoms with E-state index in [0.29, 0.717) is 5.56 Å². The van der Waals surface area contributed by atoms with Crippen LogP contribution in [-0.2, 0) is 0 Å². The van der Waals surface area contributed by atoms with Crippen molar-refractivity contribution in [3.05, 3.63) is 29.7 Å². The number of carbonyl (C=O) groups excluding carboxylic acids is 1. The van der Waals surface area contributed by atoms with E-state index >= 15 is 0 Å². The summed E-state index contributed by atoms with van der Waals surface area (Å²) in [5, 5.41) is 12.0. The Morgan fingerprint density at radius 2 is 2.00 bits per heavy atom. The van der Waals surface area contributed by atoms with Crippen molar-refractivity contribution in [3.63, 3.8) is 0 Å². The molecular formula is C21H32N6O. The molecule has 7 nitrogen and oxygen atoms in total. The van der Waals surface area contributed by atoms with Crippen LogP contribution in [0.3, 0.4) is 0 Å². The van der Waals surface area contributed by atoms with Crippen LogP contribution in [0.1, 0.15) is 61.8 Å². The van der Waals surface area contributed by atoms with E-state index in [1.54, 1.807) is 0 Å². The lowest BCUT2D eigenvalue weighted by Crippen LogP contribution is -2.47. The topological polar surface area (TPSA) is 65.8 Å². The molecule has 1 saturated carbocycles. The summed E-state index contributed by atoms with van der Waals surface area (Å²) in [5.74, 6) is 1.79. The van der Waals surface area contributed by atoms with Crippen molar-refractivity contribution >= 4 is 11.6 Å². The smallest absolute Gasteiger partial charge is 0.252 e. The van der Waals surface area contributed by atoms with Gasteiger partial charge in [0.25, 0.3) is 5.91 Å². The number of pyridine rings is 1. The number of likely N-dealkylation sites (N-methyl/N-ethyl adjacent to an activating group) is 1. The van der Waals surface area contributed by atoms with Gasteiger partial charge in [-0.05, 0) is 50.8 Å². The molecule has 1 saturated heterocycles. The average Bonchev–Trinajstić information content (AvgIpc) is 3.43. The quantitative estimate of drug-likeness (QED) is 0.794. The van der Waals surface area contributed by atoms with Gasteiger partial charge in [-0.1, -0.05) is 13.8 Å². The summed E-state index contributed by atoms with van der Waals surface area (Å²) in [7, 11) is 2.16. The minimum Gasteiger partial charge on any atom is -0.349 e. The van der Waals surface area contributed by atoms with Crippen molar-refractivity contribution in [2.45, 2.75) is 51.6 Å². The predicted octanol–water partition coefficient (Wildman–Crippen LogP) is 2.35. The summed E-state index contributed by atoms with van der Waals surface area (Å²) in [6.45, 7) is 8.51. The highest BCUT2D eigenvalue weighted by Gasteiger charge is 2.32. The monoisotopic (exact) mass is 384 g/mol. The average molecular weight is 385 g/mol. The highest BCUT2D eigenvalue weighted by Crippen LogP contribution is 2.32. The number of carbonyl (C=O) groups is 1. The number of aromatic nitrogens is 3. The SMILES string of the molecule is CCC(CC)NC(=O)c1ccc2nnc(C3CN(CC4CC4)CCN3C)n2c1. The second kappa shape index (κ2) is 8.17. The molecule has 1 unspecified atom stereocenters. The van der Waals surface area contributed by atoms with E-state index in [-0.39, 0.29) is 18.0 Å². The van der Waals surface area contributed by atoms with Gasteiger partial charge in [0.15, 0.2) is 11.5 Å². The Bertz CT molecular complexity index is 825. The van der Waals surface area contributed by atoms with E-state index in [1.807, 2.05) is 22.7 Å². The Morgan fingerprint density at radius 3 is 2.71 bits per heavy atom. The molecule has 1 N–H and O–H groups in total. The van der Waals surface area contributed by atoms with E-state index in [4.69, 9.17) is 0 Å². The Hall–Kier alpha value is -1.99. The highest BCUT2D eigenvalue weighted by molar-refractivity contribution is 5.94. The van der Waals surface area contributed by atoms with E-state index < -0.39 is 0 Å². The number of hydrogen-bond acceptors (Lipinski definition) is 5. The lowest BCUT2D eigenvalue weighted by atomic mass is 10.1. The number of nitrogens with one attached hydrogen (secondary N) is 1. The molecule has 4 rings (SSSR count). The zero-order chi connectivity index (χ0) is 19.7. The first-order valence-electron chi connectivity index (χ1n) is 10.7. The van der Waals surface area contributed by atoms with E-state index in [2.05, 4.69) is 46.2 Å². The Kier molecular flexibility index (Phi) is 5.64. The van der Waals surface area contributed by atoms with Crippen LogP contribution in [0.15, 0.2) is 18.3 Å². The minimum atomic E-state index is -0.0254. The van der Waals surface area contributed by atoms with Crippen LogP contribution in [-0.4, -0.2) is 69.6 Å². The summed E-state index contributed by atoms with van der Waals surface area (Å²) < 4.78 is 2.00. The van der Waals surface area contributed by atoms with Gasteiger partial charge in [0.05, 0.1) is 11.6 Å². The third kappa shape index (κ3) is 4.05. The van der Waals surface area contributed by atoms with Crippen LogP contribution >= 0.6 is 0 Å². The third-order valence-corrected chi connectivity index (χ3v) is 6.26. The summed E-state index contributed by atoms with van der Waals surface area (Å²) >= 11 is 0. The number of rotatable bonds is 7. The normalized spacial score (nSPS) is 21.5. The van der Waals surface area contributed by atoms with Gasteiger partial charge in [0, 0.05) is 38.4 Å². The molecule has 152 valence electrons. The van der Waals surface area contributed by atoms with Gasteiger partial charge in [-0.15, -0.1) is 10.2 Å². The Balaban J connectivity index is 1.57. The number of nitrogens with zero attached hydrogens (tertiary/aromatic N) is 5. The Morgan fingerprint density at radius 1 is 1.21 bits per heavy atom. The molecule has 2 fully saturated rings. The fourth-order valence-corrected chi connectivity index (χ4v) is 4.07. The lowest BCUT2D eigenvalue weighted by molar-refractivity contribution is 0.0869. The molecule has 7 heteroatoms. The molecule has 1 aliphatic heterocycles. The van der Waals surface area contributed by atoms with Crippen molar-refractivity contribution < 1.29 is 4.79 Å². The molecule has 1 atom stereocenters. The van der Waals surface area contributed by atoms with Crippen molar-refractivity contribution in [3.8, 4) is 0 Å². The van der Waals surface area contributed by atoms with Gasteiger partial charge < -0.3 is 5.32 Å². The molecule has 1 amide bonds. The molecule has 0 bridgehead atoms. The molecular weight excluding hydrogens is 352 g/mol. The molecule has 28 heavy (non-hydrogen) atoms. The largest absolute Gasteiger partial charge is 0.349 e. The highest BCUT2D eigenvalue weighted by atomic mass is 16.1. The van der Waals surface area contributed by atoms with Crippen LogP contribution in [0.5, 0.6) is 0 Å². The summed E-state index contributed by atoms with van der Waals surface area (Å²) in [6.07, 6.45) is 6.52. The molecule has 2 aromatic rings. The fourth-order valence-electron chi connectivity index (χ4n) is 4.07. The molecule has 0 spiro atoms. The van der Waals surface area contributed by atoms with Gasteiger partial charge in [-0.2, -0.15) is 0 Å². The van der Waals surface area contributed by atoms with E-state index in [0.717, 1.165) is 49.9 Å². The van der Waals surface area contributed by atoms with Gasteiger partial charge >= 0.3 is 0 Å². The molecule has 3 heterocycles. The standard InChI is InChI=1S/C21H32N6O/c1-4-17(5-2)22-21(28)16-8-9-19-23-24-20(27(19)13-16)18-14-26(11-10-25(18)3)12-15-6-7-15/h8-9,13,15,17-18H,4-7,10-12,14H2,1-3H3,(H,22,28). The second-order valence-electron chi connectivity index (χ2n) is 8.39. The predicted molar refractivity (Wildman–Crippen MR) is 109 cm³/mol. The Labute approximate surface area is 167 Å². The zero-order valence-electron chi connectivity index (χ0n) is 17.3. The van der Waals surface area contributed by atoms with Crippen LogP contribution < -0.4 is 5.32 Å². The van der Waals surface area contributed by atoms with Crippen molar-refractivity contribution in [1.82, 2.24) is 29.7 Å². The number of piperazine rings is 1. The number of hydrogen-bond donors (Lipinski definition) is 1. The number of amides is 1. The first kappa shape index (κ1) is 19.3. The maximum atomic E-state index is 12.7. The lowest BCUT2D eigenvalue weighted by Gasteiger charge is -2.38. The van der Waals surface area contributed by atoms with Crippen LogP contribution in [0.25, 0.3) is 5.65 Å². The fraction of sp³-hybridized carbons (Fsp3) is 0.667. The van der Waals surface area contributed by atoms with Gasteiger partial charge in [-0.3, -0.25) is 19.0 Å². The third-order valence-electron chi connectivity index (χ3n) is 6.26. The molecule has 0 aromatic carbocycles. The van der Waals surface area contributed by atoms with Crippen molar-refractivity contribution in [2.24, 2.45) is 5.92 Å². The van der Waals surface area contributed by atoms with Crippen LogP contribution in [0, 0.1) is 5.92 Å².